The largest absolute Gasteiger partial charge is 0.497 e. The molecule has 0 aliphatic carbocycles. The molecule has 0 radical (unpaired) electrons. The van der Waals surface area contributed by atoms with Gasteiger partial charge in [-0.05, 0) is 41.8 Å². The van der Waals surface area contributed by atoms with Crippen LogP contribution in [-0.4, -0.2) is 18.2 Å². The molecule has 7 heteroatoms. The van der Waals surface area contributed by atoms with E-state index in [0.717, 1.165) is 21.9 Å². The number of nitrogens with zero attached hydrogens (tertiary/aromatic N) is 1. The number of benzene rings is 2. The van der Waals surface area contributed by atoms with Crippen molar-refractivity contribution in [2.75, 3.05) is 11.4 Å². The predicted octanol–water partition coefficient (Wildman–Crippen LogP) is 4.59. The molecule has 5 nitrogen and oxygen atoms in total. The van der Waals surface area contributed by atoms with E-state index >= 15 is 0 Å². The minimum absolute atomic E-state index is 0.439. The van der Waals surface area contributed by atoms with Gasteiger partial charge in [-0.25, -0.2) is 5.48 Å². The topological polar surface area (TPSA) is 61.8 Å². The monoisotopic (exact) mass is 386 g/mol. The third kappa shape index (κ3) is 4.37. The molecule has 0 bridgehead atoms. The summed E-state index contributed by atoms with van der Waals surface area (Å²) in [6.07, 6.45) is 0. The Balaban J connectivity index is 1.91. The number of ether oxygens (including phenoxy) is 1. The minimum Gasteiger partial charge on any atom is -0.497 e. The number of nitrogens with one attached hydrogen (secondary N) is 1. The van der Waals surface area contributed by atoms with E-state index in [1.807, 2.05) is 64.3 Å². The Bertz CT molecular complexity index is 851. The molecular formula is C19H18N2O3S2. The van der Waals surface area contributed by atoms with Crippen molar-refractivity contribution in [2.24, 2.45) is 0 Å². The summed E-state index contributed by atoms with van der Waals surface area (Å²) in [6.45, 7) is 0.611. The molecule has 0 fully saturated rings. The summed E-state index contributed by atoms with van der Waals surface area (Å²) >= 11 is 2.94. The molecule has 26 heavy (non-hydrogen) atoms. The maximum atomic E-state index is 12.0. The van der Waals surface area contributed by atoms with Crippen LogP contribution in [0.25, 0.3) is 0 Å². The maximum absolute atomic E-state index is 12.0. The lowest BCUT2D eigenvalue weighted by Crippen LogP contribution is -2.22. The Morgan fingerprint density at radius 3 is 2.54 bits per heavy atom. The van der Waals surface area contributed by atoms with Crippen molar-refractivity contribution in [3.05, 3.63) is 76.5 Å². The summed E-state index contributed by atoms with van der Waals surface area (Å²) in [5, 5.41) is 12.7. The maximum Gasteiger partial charge on any atom is 0.277 e. The quantitative estimate of drug-likeness (QED) is 0.353. The van der Waals surface area contributed by atoms with Gasteiger partial charge in [-0.1, -0.05) is 30.3 Å². The van der Waals surface area contributed by atoms with Gasteiger partial charge in [0.15, 0.2) is 0 Å². The summed E-state index contributed by atoms with van der Waals surface area (Å²) in [5.74, 6) is 0.273. The van der Waals surface area contributed by atoms with Gasteiger partial charge in [-0.3, -0.25) is 10.0 Å². The highest BCUT2D eigenvalue weighted by Crippen LogP contribution is 2.35. The first-order valence-corrected chi connectivity index (χ1v) is 9.57. The second-order valence-electron chi connectivity index (χ2n) is 5.40. The summed E-state index contributed by atoms with van der Waals surface area (Å²) in [4.78, 5) is 13.0. The molecule has 1 amide bonds. The molecule has 0 spiro atoms. The molecule has 2 N–H and O–H groups in total. The van der Waals surface area contributed by atoms with Crippen LogP contribution in [0.1, 0.15) is 15.9 Å². The van der Waals surface area contributed by atoms with Crippen LogP contribution in [0.2, 0.25) is 0 Å². The Morgan fingerprint density at radius 1 is 1.15 bits per heavy atom. The Hall–Kier alpha value is -2.48. The van der Waals surface area contributed by atoms with Crippen LogP contribution < -0.4 is 14.5 Å². The molecule has 2 aromatic carbocycles. The van der Waals surface area contributed by atoms with Crippen molar-refractivity contribution in [2.45, 2.75) is 11.4 Å². The van der Waals surface area contributed by atoms with Crippen molar-refractivity contribution in [1.29, 1.82) is 0 Å². The fourth-order valence-electron chi connectivity index (χ4n) is 2.39. The number of thiophene rings is 1. The first kappa shape index (κ1) is 18.3. The molecule has 0 aliphatic rings. The summed E-state index contributed by atoms with van der Waals surface area (Å²) in [6, 6.07) is 17.8. The fourth-order valence-corrected chi connectivity index (χ4v) is 4.25. The number of methoxy groups -OCH3 is 1. The van der Waals surface area contributed by atoms with Crippen molar-refractivity contribution in [3.8, 4) is 5.75 Å². The van der Waals surface area contributed by atoms with E-state index in [9.17, 15) is 4.79 Å². The van der Waals surface area contributed by atoms with Gasteiger partial charge in [0.25, 0.3) is 5.91 Å². The van der Waals surface area contributed by atoms with E-state index in [1.54, 1.807) is 18.0 Å². The van der Waals surface area contributed by atoms with Gasteiger partial charge in [0, 0.05) is 15.7 Å². The summed E-state index contributed by atoms with van der Waals surface area (Å²) in [5.41, 5.74) is 4.04. The Morgan fingerprint density at radius 2 is 1.88 bits per heavy atom. The van der Waals surface area contributed by atoms with E-state index in [1.165, 1.54) is 23.3 Å². The van der Waals surface area contributed by atoms with Gasteiger partial charge in [-0.15, -0.1) is 11.3 Å². The van der Waals surface area contributed by atoms with Gasteiger partial charge in [0.1, 0.15) is 5.75 Å². The van der Waals surface area contributed by atoms with Gasteiger partial charge in [-0.2, -0.15) is 0 Å². The fraction of sp³-hybridized carbons (Fsp3) is 0.105. The van der Waals surface area contributed by atoms with Crippen LogP contribution in [0.3, 0.4) is 0 Å². The number of carbonyl (C=O) groups excluding carboxylic acids is 1. The smallest absolute Gasteiger partial charge is 0.277 e. The van der Waals surface area contributed by atoms with Crippen LogP contribution in [0.5, 0.6) is 5.75 Å². The highest BCUT2D eigenvalue weighted by molar-refractivity contribution is 8.00. The number of hydrogen-bond donors (Lipinski definition) is 2. The second-order valence-corrected chi connectivity index (χ2v) is 7.24. The summed E-state index contributed by atoms with van der Waals surface area (Å²) < 4.78 is 7.25. The normalized spacial score (nSPS) is 10.4. The van der Waals surface area contributed by atoms with Gasteiger partial charge < -0.3 is 9.04 Å². The van der Waals surface area contributed by atoms with Crippen molar-refractivity contribution in [1.82, 2.24) is 5.48 Å². The minimum atomic E-state index is -0.519. The molecule has 0 saturated carbocycles. The lowest BCUT2D eigenvalue weighted by Gasteiger charge is -2.23. The number of hydroxylamine groups is 1. The SMILES string of the molecule is COc1ccc(SN(Cc2ccccc2)c2cscc2C(=O)NO)cc1. The molecule has 1 aromatic heterocycles. The molecule has 3 aromatic rings. The number of carbonyl (C=O) groups is 1. The standard InChI is InChI=1S/C19H18N2O3S2/c1-24-15-7-9-16(10-8-15)26-21(11-14-5-3-2-4-6-14)18-13-25-12-17(18)19(22)20-23/h2-10,12-13,23H,11H2,1H3,(H,20,22). The van der Waals surface area contributed by atoms with Crippen molar-refractivity contribution >= 4 is 34.9 Å². The number of amides is 1. The molecular weight excluding hydrogens is 368 g/mol. The van der Waals surface area contributed by atoms with Crippen LogP contribution in [-0.2, 0) is 6.54 Å². The second kappa shape index (κ2) is 8.75. The van der Waals surface area contributed by atoms with Gasteiger partial charge in [0.05, 0.1) is 24.9 Å². The lowest BCUT2D eigenvalue weighted by atomic mass is 10.2. The Labute approximate surface area is 160 Å². The Kier molecular flexibility index (Phi) is 6.17. The lowest BCUT2D eigenvalue weighted by molar-refractivity contribution is 0.0707. The van der Waals surface area contributed by atoms with Crippen LogP contribution >= 0.6 is 23.3 Å². The molecule has 0 atom stereocenters. The average molecular weight is 386 g/mol. The molecule has 1 heterocycles. The van der Waals surface area contributed by atoms with Crippen LogP contribution in [0, 0.1) is 0 Å². The van der Waals surface area contributed by atoms with Crippen LogP contribution in [0.15, 0.2) is 70.3 Å². The third-order valence-electron chi connectivity index (χ3n) is 3.70. The highest BCUT2D eigenvalue weighted by Gasteiger charge is 2.19. The first-order chi connectivity index (χ1) is 12.7. The van der Waals surface area contributed by atoms with Crippen LogP contribution in [0.4, 0.5) is 5.69 Å². The van der Waals surface area contributed by atoms with Crippen molar-refractivity contribution in [3.63, 3.8) is 0 Å². The average Bonchev–Trinajstić information content (AvgIpc) is 3.18. The summed E-state index contributed by atoms with van der Waals surface area (Å²) in [7, 11) is 1.63. The first-order valence-electron chi connectivity index (χ1n) is 7.85. The van der Waals surface area contributed by atoms with Crippen molar-refractivity contribution < 1.29 is 14.7 Å². The van der Waals surface area contributed by atoms with E-state index in [0.29, 0.717) is 12.1 Å². The van der Waals surface area contributed by atoms with E-state index in [4.69, 9.17) is 9.94 Å². The molecule has 3 rings (SSSR count). The zero-order valence-corrected chi connectivity index (χ0v) is 15.7. The molecule has 134 valence electrons. The van der Waals surface area contributed by atoms with E-state index in [2.05, 4.69) is 0 Å². The number of hydrogen-bond acceptors (Lipinski definition) is 6. The van der Waals surface area contributed by atoms with Gasteiger partial charge >= 0.3 is 0 Å². The van der Waals surface area contributed by atoms with E-state index < -0.39 is 5.91 Å². The predicted molar refractivity (Wildman–Crippen MR) is 105 cm³/mol. The molecule has 0 saturated heterocycles. The third-order valence-corrected chi connectivity index (χ3v) is 5.46. The zero-order chi connectivity index (χ0) is 18.4. The zero-order valence-electron chi connectivity index (χ0n) is 14.1. The van der Waals surface area contributed by atoms with Gasteiger partial charge in [0.2, 0.25) is 0 Å². The number of anilines is 1. The van der Waals surface area contributed by atoms with E-state index in [-0.39, 0.29) is 0 Å². The highest BCUT2D eigenvalue weighted by atomic mass is 32.2. The molecule has 0 unspecified atom stereocenters. The molecule has 0 aliphatic heterocycles. The number of rotatable bonds is 7.